The molecule has 0 aliphatic rings. The van der Waals surface area contributed by atoms with Gasteiger partial charge in [-0.3, -0.25) is 0 Å². The first-order chi connectivity index (χ1) is 8.91. The molecule has 18 heavy (non-hydrogen) atoms. The molecule has 0 heteroatoms. The maximum absolute atomic E-state index is 2.53. The predicted molar refractivity (Wildman–Crippen MR) is 84.9 cm³/mol. The van der Waals surface area contributed by atoms with Crippen molar-refractivity contribution < 1.29 is 0 Å². The van der Waals surface area contributed by atoms with Crippen molar-refractivity contribution in [2.24, 2.45) is 0 Å². The molecule has 0 aliphatic carbocycles. The largest absolute Gasteiger partial charge is 0.0654 e. The van der Waals surface area contributed by atoms with Gasteiger partial charge in [0.25, 0.3) is 0 Å². The summed E-state index contributed by atoms with van der Waals surface area (Å²) in [5.41, 5.74) is 0. The van der Waals surface area contributed by atoms with Crippen molar-refractivity contribution in [2.45, 2.75) is 110 Å². The zero-order chi connectivity index (χ0) is 13.3. The molecule has 109 valence electrons. The average molecular weight is 253 g/mol. The Labute approximate surface area is 117 Å². The molecule has 0 saturated heterocycles. The Morgan fingerprint density at radius 3 is 1.17 bits per heavy atom. The van der Waals surface area contributed by atoms with Crippen LogP contribution in [-0.4, -0.2) is 0 Å². The zero-order valence-electron chi connectivity index (χ0n) is 13.2. The number of unbranched alkanes of at least 4 members (excludes halogenated alkanes) is 15. The van der Waals surface area contributed by atoms with Gasteiger partial charge in [-0.2, -0.15) is 0 Å². The van der Waals surface area contributed by atoms with E-state index in [1.54, 1.807) is 0 Å². The molecular formula is C18H37. The molecule has 0 nitrogen and oxygen atoms in total. The van der Waals surface area contributed by atoms with Crippen LogP contribution in [0.1, 0.15) is 110 Å². The van der Waals surface area contributed by atoms with E-state index in [0.29, 0.717) is 0 Å². The van der Waals surface area contributed by atoms with Crippen LogP contribution in [0, 0.1) is 6.42 Å². The minimum absolute atomic E-state index is 1.36. The first-order valence-electron chi connectivity index (χ1n) is 8.73. The monoisotopic (exact) mass is 253 g/mol. The Morgan fingerprint density at radius 2 is 0.778 bits per heavy atom. The van der Waals surface area contributed by atoms with Gasteiger partial charge < -0.3 is 0 Å². The van der Waals surface area contributed by atoms with Crippen LogP contribution in [0.25, 0.3) is 0 Å². The second-order valence-corrected chi connectivity index (χ2v) is 5.76. The van der Waals surface area contributed by atoms with Crippen molar-refractivity contribution >= 4 is 0 Å². The van der Waals surface area contributed by atoms with E-state index in [-0.39, 0.29) is 0 Å². The van der Waals surface area contributed by atoms with Crippen molar-refractivity contribution in [3.05, 3.63) is 6.42 Å². The fourth-order valence-electron chi connectivity index (χ4n) is 2.46. The summed E-state index contributed by atoms with van der Waals surface area (Å²) in [6.45, 7) is 4.58. The summed E-state index contributed by atoms with van der Waals surface area (Å²) < 4.78 is 0. The van der Waals surface area contributed by atoms with Gasteiger partial charge in [-0.15, -0.1) is 0 Å². The van der Waals surface area contributed by atoms with Crippen molar-refractivity contribution in [2.75, 3.05) is 0 Å². The predicted octanol–water partition coefficient (Wildman–Crippen LogP) is 7.08. The van der Waals surface area contributed by atoms with E-state index in [1.165, 1.54) is 96.3 Å². The average Bonchev–Trinajstić information content (AvgIpc) is 2.39. The summed E-state index contributed by atoms with van der Waals surface area (Å²) in [4.78, 5) is 0. The van der Waals surface area contributed by atoms with Gasteiger partial charge in [0, 0.05) is 0 Å². The van der Waals surface area contributed by atoms with Crippen LogP contribution in [0.2, 0.25) is 0 Å². The van der Waals surface area contributed by atoms with E-state index in [4.69, 9.17) is 0 Å². The van der Waals surface area contributed by atoms with Crippen molar-refractivity contribution in [3.63, 3.8) is 0 Å². The second kappa shape index (κ2) is 17.0. The van der Waals surface area contributed by atoms with Crippen LogP contribution in [0.3, 0.4) is 0 Å². The Balaban J connectivity index is 2.86. The quantitative estimate of drug-likeness (QED) is 0.273. The van der Waals surface area contributed by atoms with Crippen LogP contribution < -0.4 is 0 Å². The molecule has 0 spiro atoms. The first kappa shape index (κ1) is 18.0. The highest BCUT2D eigenvalue weighted by molar-refractivity contribution is 4.64. The van der Waals surface area contributed by atoms with E-state index in [0.717, 1.165) is 0 Å². The van der Waals surface area contributed by atoms with E-state index >= 15 is 0 Å². The van der Waals surface area contributed by atoms with Crippen LogP contribution in [0.5, 0.6) is 0 Å². The molecule has 0 bridgehead atoms. The SMILES string of the molecule is CCCCCCCC[CH]CCCCCCCCC. The second-order valence-electron chi connectivity index (χ2n) is 5.76. The zero-order valence-corrected chi connectivity index (χ0v) is 13.2. The Kier molecular flexibility index (Phi) is 17.0. The number of hydrogen-bond acceptors (Lipinski definition) is 0. The molecule has 0 heterocycles. The molecule has 0 aromatic heterocycles. The topological polar surface area (TPSA) is 0 Å². The van der Waals surface area contributed by atoms with Gasteiger partial charge in [-0.25, -0.2) is 0 Å². The third-order valence-corrected chi connectivity index (χ3v) is 3.77. The molecule has 0 rings (SSSR count). The number of rotatable bonds is 15. The summed E-state index contributed by atoms with van der Waals surface area (Å²) in [5.74, 6) is 0. The van der Waals surface area contributed by atoms with Crippen molar-refractivity contribution in [1.29, 1.82) is 0 Å². The van der Waals surface area contributed by atoms with Gasteiger partial charge in [0.05, 0.1) is 0 Å². The lowest BCUT2D eigenvalue weighted by Crippen LogP contribution is -1.83. The standard InChI is InChI=1S/C18H37/c1-3-5-7-9-11-13-15-17-18-16-14-12-10-8-6-4-2/h17H,3-16,18H2,1-2H3. The Hall–Kier alpha value is 0. The van der Waals surface area contributed by atoms with Gasteiger partial charge in [0.15, 0.2) is 0 Å². The molecule has 0 aliphatic heterocycles. The highest BCUT2D eigenvalue weighted by Crippen LogP contribution is 2.12. The van der Waals surface area contributed by atoms with Gasteiger partial charge in [0.2, 0.25) is 0 Å². The fourth-order valence-corrected chi connectivity index (χ4v) is 2.46. The molecule has 0 saturated carbocycles. The molecule has 0 unspecified atom stereocenters. The van der Waals surface area contributed by atoms with Crippen molar-refractivity contribution in [3.8, 4) is 0 Å². The maximum Gasteiger partial charge on any atom is -0.0386 e. The van der Waals surface area contributed by atoms with Gasteiger partial charge >= 0.3 is 0 Å². The van der Waals surface area contributed by atoms with E-state index in [1.807, 2.05) is 0 Å². The summed E-state index contributed by atoms with van der Waals surface area (Å²) in [6, 6.07) is 0. The molecular weight excluding hydrogens is 216 g/mol. The smallest absolute Gasteiger partial charge is 0.0386 e. The lowest BCUT2D eigenvalue weighted by Gasteiger charge is -2.02. The van der Waals surface area contributed by atoms with Crippen LogP contribution in [0.15, 0.2) is 0 Å². The van der Waals surface area contributed by atoms with Crippen LogP contribution in [0.4, 0.5) is 0 Å². The summed E-state index contributed by atoms with van der Waals surface area (Å²) >= 11 is 0. The molecule has 0 aromatic carbocycles. The molecule has 0 N–H and O–H groups in total. The highest BCUT2D eigenvalue weighted by Gasteiger charge is 1.93. The maximum atomic E-state index is 2.53. The molecule has 0 fully saturated rings. The molecule has 1 radical (unpaired) electrons. The minimum atomic E-state index is 1.36. The van der Waals surface area contributed by atoms with E-state index in [2.05, 4.69) is 20.3 Å². The van der Waals surface area contributed by atoms with Gasteiger partial charge in [0.1, 0.15) is 0 Å². The molecule has 0 aromatic rings. The van der Waals surface area contributed by atoms with E-state index < -0.39 is 0 Å². The van der Waals surface area contributed by atoms with Crippen LogP contribution >= 0.6 is 0 Å². The van der Waals surface area contributed by atoms with Crippen LogP contribution in [-0.2, 0) is 0 Å². The first-order valence-corrected chi connectivity index (χ1v) is 8.73. The summed E-state index contributed by atoms with van der Waals surface area (Å²) in [7, 11) is 0. The third kappa shape index (κ3) is 16.0. The minimum Gasteiger partial charge on any atom is -0.0654 e. The lowest BCUT2D eigenvalue weighted by atomic mass is 10.0. The summed E-state index contributed by atoms with van der Waals surface area (Å²) in [6.07, 6.45) is 23.9. The normalized spacial score (nSPS) is 11.0. The van der Waals surface area contributed by atoms with Gasteiger partial charge in [-0.05, 0) is 6.42 Å². The summed E-state index contributed by atoms with van der Waals surface area (Å²) in [5, 5.41) is 0. The molecule has 0 atom stereocenters. The Bertz CT molecular complexity index is 112. The fraction of sp³-hybridized carbons (Fsp3) is 0.944. The third-order valence-electron chi connectivity index (χ3n) is 3.77. The highest BCUT2D eigenvalue weighted by atomic mass is 14.0. The number of hydrogen-bond donors (Lipinski definition) is 0. The van der Waals surface area contributed by atoms with Crippen molar-refractivity contribution in [1.82, 2.24) is 0 Å². The van der Waals surface area contributed by atoms with Gasteiger partial charge in [-0.1, -0.05) is 110 Å². The molecule has 0 amide bonds. The Morgan fingerprint density at radius 1 is 0.444 bits per heavy atom. The lowest BCUT2D eigenvalue weighted by molar-refractivity contribution is 0.573. The van der Waals surface area contributed by atoms with E-state index in [9.17, 15) is 0 Å².